The molecule has 0 bridgehead atoms. The Morgan fingerprint density at radius 2 is 2.16 bits per heavy atom. The zero-order valence-electron chi connectivity index (χ0n) is 13.9. The number of nitrogens with zero attached hydrogens (tertiary/aromatic N) is 3. The monoisotopic (exact) mass is 489 g/mol. The Kier molecular flexibility index (Phi) is 5.88. The summed E-state index contributed by atoms with van der Waals surface area (Å²) in [5, 5.41) is 0.610. The third-order valence-corrected chi connectivity index (χ3v) is 5.47. The maximum Gasteiger partial charge on any atom is 0.294 e. The van der Waals surface area contributed by atoms with Crippen LogP contribution in [0.4, 0.5) is 11.5 Å². The Labute approximate surface area is 168 Å². The topological polar surface area (TPSA) is 47.4 Å². The van der Waals surface area contributed by atoms with E-state index in [1.54, 1.807) is 17.9 Å². The van der Waals surface area contributed by atoms with Gasteiger partial charge in [-0.25, -0.2) is 4.98 Å². The molecule has 2 heterocycles. The fraction of sp³-hybridized carbons (Fsp3) is 0.412. The van der Waals surface area contributed by atoms with Gasteiger partial charge in [0.1, 0.15) is 4.60 Å². The number of anilines is 2. The van der Waals surface area contributed by atoms with Crippen LogP contribution in [0.5, 0.6) is 0 Å². The van der Waals surface area contributed by atoms with Crippen molar-refractivity contribution in [2.24, 2.45) is 0 Å². The van der Waals surface area contributed by atoms with Gasteiger partial charge in [0, 0.05) is 24.3 Å². The van der Waals surface area contributed by atoms with Gasteiger partial charge < -0.3 is 14.2 Å². The second-order valence-corrected chi connectivity index (χ2v) is 8.05. The van der Waals surface area contributed by atoms with Crippen molar-refractivity contribution in [1.82, 2.24) is 9.55 Å². The number of hydrogen-bond donors (Lipinski definition) is 0. The number of aromatic nitrogens is 2. The molecule has 0 amide bonds. The fourth-order valence-electron chi connectivity index (χ4n) is 3.17. The zero-order chi connectivity index (χ0) is 18.1. The molecule has 25 heavy (non-hydrogen) atoms. The highest BCUT2D eigenvalue weighted by molar-refractivity contribution is 9.10. The molecule has 1 aromatic carbocycles. The molecule has 0 fully saturated rings. The summed E-state index contributed by atoms with van der Waals surface area (Å²) in [5.74, 6) is 0.381. The zero-order valence-corrected chi connectivity index (χ0v) is 17.9. The molecule has 1 aliphatic heterocycles. The van der Waals surface area contributed by atoms with E-state index in [0.717, 1.165) is 28.6 Å². The highest BCUT2D eigenvalue weighted by Crippen LogP contribution is 2.40. The van der Waals surface area contributed by atoms with Crippen LogP contribution in [-0.2, 0) is 11.2 Å². The van der Waals surface area contributed by atoms with Crippen LogP contribution in [0.15, 0.2) is 32.2 Å². The predicted molar refractivity (Wildman–Crippen MR) is 107 cm³/mol. The van der Waals surface area contributed by atoms with Crippen molar-refractivity contribution in [3.05, 3.63) is 48.3 Å². The summed E-state index contributed by atoms with van der Waals surface area (Å²) in [6.45, 7) is 3.17. The van der Waals surface area contributed by atoms with Gasteiger partial charge in [-0.05, 0) is 46.5 Å². The van der Waals surface area contributed by atoms with Crippen molar-refractivity contribution in [2.45, 2.75) is 25.8 Å². The van der Waals surface area contributed by atoms with Gasteiger partial charge in [0.15, 0.2) is 0 Å². The largest absolute Gasteiger partial charge is 0.383 e. The summed E-state index contributed by atoms with van der Waals surface area (Å²) in [7, 11) is 1.64. The van der Waals surface area contributed by atoms with Crippen molar-refractivity contribution in [3.8, 4) is 0 Å². The van der Waals surface area contributed by atoms with E-state index in [4.69, 9.17) is 16.3 Å². The van der Waals surface area contributed by atoms with E-state index in [0.29, 0.717) is 28.6 Å². The number of halogens is 3. The minimum Gasteiger partial charge on any atom is -0.383 e. The SMILES string of the molecule is CCC(COC)n1cc(Br)nc(N2CCc3cc(Br)cc(Cl)c32)c1=O. The minimum absolute atomic E-state index is 0.0435. The average molecular weight is 492 g/mol. The van der Waals surface area contributed by atoms with Crippen LogP contribution in [0, 0.1) is 0 Å². The van der Waals surface area contributed by atoms with E-state index < -0.39 is 0 Å². The first kappa shape index (κ1) is 18.9. The first-order valence-corrected chi connectivity index (χ1v) is 9.95. The third-order valence-electron chi connectivity index (χ3n) is 4.35. The molecular formula is C17H18Br2ClN3O2. The molecule has 1 unspecified atom stereocenters. The molecule has 1 aromatic heterocycles. The highest BCUT2D eigenvalue weighted by atomic mass is 79.9. The standard InChI is InChI=1S/C17H18Br2ClN3O2/c1-3-12(9-25-2)23-8-14(19)21-16(17(23)24)22-5-4-10-6-11(18)7-13(20)15(10)22/h6-8,12H,3-5,9H2,1-2H3. The van der Waals surface area contributed by atoms with Crippen LogP contribution in [0.3, 0.4) is 0 Å². The predicted octanol–water partition coefficient (Wildman–Crippen LogP) is 4.71. The maximum absolute atomic E-state index is 13.1. The third kappa shape index (κ3) is 3.65. The fourth-order valence-corrected chi connectivity index (χ4v) is 4.54. The normalized spacial score (nSPS) is 14.7. The number of fused-ring (bicyclic) bond motifs is 1. The molecule has 0 spiro atoms. The van der Waals surface area contributed by atoms with Crippen LogP contribution in [-0.4, -0.2) is 29.8 Å². The van der Waals surface area contributed by atoms with Gasteiger partial charge in [0.05, 0.1) is 23.4 Å². The quantitative estimate of drug-likeness (QED) is 0.608. The molecule has 3 rings (SSSR count). The number of rotatable bonds is 5. The maximum atomic E-state index is 13.1. The summed E-state index contributed by atoms with van der Waals surface area (Å²) < 4.78 is 8.50. The molecule has 8 heteroatoms. The smallest absolute Gasteiger partial charge is 0.294 e. The molecule has 0 N–H and O–H groups in total. The van der Waals surface area contributed by atoms with Gasteiger partial charge in [-0.1, -0.05) is 34.5 Å². The summed E-state index contributed by atoms with van der Waals surface area (Å²) in [6, 6.07) is 3.84. The van der Waals surface area contributed by atoms with Crippen molar-refractivity contribution in [1.29, 1.82) is 0 Å². The molecule has 0 saturated heterocycles. The van der Waals surface area contributed by atoms with Crippen LogP contribution in [0.2, 0.25) is 5.02 Å². The second-order valence-electron chi connectivity index (χ2n) is 5.91. The molecule has 1 atom stereocenters. The lowest BCUT2D eigenvalue weighted by Gasteiger charge is -2.23. The average Bonchev–Trinajstić information content (AvgIpc) is 2.98. The number of benzene rings is 1. The number of methoxy groups -OCH3 is 1. The van der Waals surface area contributed by atoms with E-state index >= 15 is 0 Å². The lowest BCUT2D eigenvalue weighted by Crippen LogP contribution is -2.33. The molecule has 0 radical (unpaired) electrons. The Bertz CT molecular complexity index is 857. The molecule has 1 aliphatic rings. The molecule has 0 saturated carbocycles. The first-order valence-electron chi connectivity index (χ1n) is 7.99. The van der Waals surface area contributed by atoms with Crippen molar-refractivity contribution >= 4 is 55.0 Å². The first-order chi connectivity index (χ1) is 12.0. The summed E-state index contributed by atoms with van der Waals surface area (Å²) in [4.78, 5) is 19.5. The molecule has 5 nitrogen and oxygen atoms in total. The van der Waals surface area contributed by atoms with E-state index in [-0.39, 0.29) is 11.6 Å². The lowest BCUT2D eigenvalue weighted by molar-refractivity contribution is 0.151. The van der Waals surface area contributed by atoms with Crippen LogP contribution >= 0.6 is 43.5 Å². The number of hydrogen-bond acceptors (Lipinski definition) is 4. The van der Waals surface area contributed by atoms with Crippen LogP contribution in [0.1, 0.15) is 24.9 Å². The Morgan fingerprint density at radius 1 is 1.40 bits per heavy atom. The minimum atomic E-state index is -0.140. The molecular weight excluding hydrogens is 473 g/mol. The van der Waals surface area contributed by atoms with Gasteiger partial charge in [-0.2, -0.15) is 0 Å². The van der Waals surface area contributed by atoms with Gasteiger partial charge in [0.2, 0.25) is 5.82 Å². The summed E-state index contributed by atoms with van der Waals surface area (Å²) in [6.07, 6.45) is 3.32. The van der Waals surface area contributed by atoms with Gasteiger partial charge in [-0.3, -0.25) is 4.79 Å². The van der Waals surface area contributed by atoms with E-state index in [1.807, 2.05) is 24.0 Å². The Balaban J connectivity index is 2.12. The highest BCUT2D eigenvalue weighted by Gasteiger charge is 2.28. The van der Waals surface area contributed by atoms with Gasteiger partial charge in [0.25, 0.3) is 5.56 Å². The summed E-state index contributed by atoms with van der Waals surface area (Å²) >= 11 is 13.4. The van der Waals surface area contributed by atoms with Gasteiger partial charge >= 0.3 is 0 Å². The van der Waals surface area contributed by atoms with E-state index in [9.17, 15) is 4.79 Å². The van der Waals surface area contributed by atoms with Crippen molar-refractivity contribution in [3.63, 3.8) is 0 Å². The lowest BCUT2D eigenvalue weighted by atomic mass is 10.2. The van der Waals surface area contributed by atoms with Crippen LogP contribution in [0.25, 0.3) is 0 Å². The molecule has 0 aliphatic carbocycles. The Hall–Kier alpha value is -0.890. The van der Waals surface area contributed by atoms with E-state index in [1.165, 1.54) is 0 Å². The van der Waals surface area contributed by atoms with Gasteiger partial charge in [-0.15, -0.1) is 0 Å². The number of ether oxygens (including phenoxy) is 1. The van der Waals surface area contributed by atoms with E-state index in [2.05, 4.69) is 36.8 Å². The van der Waals surface area contributed by atoms with Crippen molar-refractivity contribution in [2.75, 3.05) is 25.2 Å². The van der Waals surface area contributed by atoms with Crippen molar-refractivity contribution < 1.29 is 4.74 Å². The molecule has 134 valence electrons. The Morgan fingerprint density at radius 3 is 2.84 bits per heavy atom. The summed E-state index contributed by atoms with van der Waals surface area (Å²) in [5.41, 5.74) is 1.83. The second kappa shape index (κ2) is 7.78. The molecule has 2 aromatic rings. The van der Waals surface area contributed by atoms with Crippen LogP contribution < -0.4 is 10.5 Å².